The first kappa shape index (κ1) is 22.5. The van der Waals surface area contributed by atoms with E-state index in [0.717, 1.165) is 77.5 Å². The molecule has 1 aromatic carbocycles. The van der Waals surface area contributed by atoms with Gasteiger partial charge in [0.25, 0.3) is 0 Å². The average Bonchev–Trinajstić information content (AvgIpc) is 3.52. The summed E-state index contributed by atoms with van der Waals surface area (Å²) in [4.78, 5) is 35.0. The topological polar surface area (TPSA) is 97.7 Å². The smallest absolute Gasteiger partial charge is 0.335 e. The van der Waals surface area contributed by atoms with Crippen LogP contribution >= 0.6 is 0 Å². The number of nitrogens with zero attached hydrogens (tertiary/aromatic N) is 4. The molecule has 4 rings (SSSR count). The fraction of sp³-hybridized carbons (Fsp3) is 0.609. The van der Waals surface area contributed by atoms with Crippen molar-refractivity contribution in [1.29, 1.82) is 0 Å². The Balaban J connectivity index is 1.38. The minimum absolute atomic E-state index is 0.136. The molecular formula is C23H33N5O4. The van der Waals surface area contributed by atoms with Crippen LogP contribution < -0.4 is 5.32 Å². The quantitative estimate of drug-likeness (QED) is 0.509. The van der Waals surface area contributed by atoms with Crippen molar-refractivity contribution in [2.75, 3.05) is 64.3 Å². The molecule has 0 saturated carbocycles. The van der Waals surface area contributed by atoms with Crippen LogP contribution in [0.1, 0.15) is 36.0 Å². The van der Waals surface area contributed by atoms with Crippen LogP contribution in [-0.4, -0.2) is 103 Å². The lowest BCUT2D eigenvalue weighted by molar-refractivity contribution is -0.131. The summed E-state index contributed by atoms with van der Waals surface area (Å²) in [5.74, 6) is 0.00293. The molecule has 2 N–H and O–H groups in total. The number of carboxylic acid groups (broad SMARTS) is 1. The average molecular weight is 444 g/mol. The number of carboxylic acids is 1. The van der Waals surface area contributed by atoms with E-state index >= 15 is 0 Å². The number of ether oxygens (including phenoxy) is 1. The molecule has 9 nitrogen and oxygen atoms in total. The number of carbonyl (C=O) groups excluding carboxylic acids is 1. The monoisotopic (exact) mass is 443 g/mol. The number of aliphatic imine (C=N–C) groups is 1. The summed E-state index contributed by atoms with van der Waals surface area (Å²) < 4.78 is 5.72. The lowest BCUT2D eigenvalue weighted by atomic mass is 10.2. The minimum atomic E-state index is -0.956. The standard InChI is InChI=1S/C23H33N5O4/c29-21(27-8-1-2-9-27)17-26-10-12-28(13-11-26)23(24-16-20-7-4-14-32-20)25-19-6-3-5-18(15-19)22(30)31/h3,5-6,15,20H,1-2,4,7-14,16-17H2,(H,24,25)(H,30,31). The van der Waals surface area contributed by atoms with E-state index in [-0.39, 0.29) is 17.6 Å². The molecule has 3 aliphatic rings. The Bertz CT molecular complexity index is 825. The van der Waals surface area contributed by atoms with E-state index < -0.39 is 5.97 Å². The van der Waals surface area contributed by atoms with E-state index in [1.807, 2.05) is 11.0 Å². The molecule has 0 aliphatic carbocycles. The SMILES string of the molecule is O=C(O)c1cccc(NC(=NCC2CCCO2)N2CCN(CC(=O)N3CCCC3)CC2)c1. The number of aromatic carboxylic acids is 1. The molecule has 9 heteroatoms. The zero-order valence-corrected chi connectivity index (χ0v) is 18.5. The second-order valence-electron chi connectivity index (χ2n) is 8.66. The van der Waals surface area contributed by atoms with Crippen molar-refractivity contribution in [3.63, 3.8) is 0 Å². The van der Waals surface area contributed by atoms with Gasteiger partial charge in [0.05, 0.1) is 24.8 Å². The van der Waals surface area contributed by atoms with Gasteiger partial charge in [-0.15, -0.1) is 0 Å². The number of rotatable bonds is 6. The fourth-order valence-electron chi connectivity index (χ4n) is 4.43. The van der Waals surface area contributed by atoms with Gasteiger partial charge in [0.2, 0.25) is 5.91 Å². The van der Waals surface area contributed by atoms with Gasteiger partial charge in [0.1, 0.15) is 0 Å². The van der Waals surface area contributed by atoms with Gasteiger partial charge in [0, 0.05) is 51.6 Å². The van der Waals surface area contributed by atoms with E-state index in [9.17, 15) is 14.7 Å². The van der Waals surface area contributed by atoms with Crippen LogP contribution in [0.3, 0.4) is 0 Å². The maximum absolute atomic E-state index is 12.5. The number of hydrogen-bond acceptors (Lipinski definition) is 5. The van der Waals surface area contributed by atoms with E-state index in [1.165, 1.54) is 0 Å². The van der Waals surface area contributed by atoms with Crippen molar-refractivity contribution >= 4 is 23.5 Å². The number of guanidine groups is 1. The van der Waals surface area contributed by atoms with Gasteiger partial charge in [-0.3, -0.25) is 14.7 Å². The van der Waals surface area contributed by atoms with E-state index in [2.05, 4.69) is 15.1 Å². The van der Waals surface area contributed by atoms with Crippen molar-refractivity contribution in [1.82, 2.24) is 14.7 Å². The van der Waals surface area contributed by atoms with Crippen LogP contribution in [0.25, 0.3) is 0 Å². The molecule has 32 heavy (non-hydrogen) atoms. The summed E-state index contributed by atoms with van der Waals surface area (Å²) in [7, 11) is 0. The number of carbonyl (C=O) groups is 2. The highest BCUT2D eigenvalue weighted by Crippen LogP contribution is 2.16. The van der Waals surface area contributed by atoms with E-state index in [4.69, 9.17) is 9.73 Å². The van der Waals surface area contributed by atoms with Crippen LogP contribution in [0.2, 0.25) is 0 Å². The number of likely N-dealkylation sites (tertiary alicyclic amines) is 1. The van der Waals surface area contributed by atoms with Gasteiger partial charge in [-0.25, -0.2) is 4.79 Å². The van der Waals surface area contributed by atoms with Crippen molar-refractivity contribution in [3.05, 3.63) is 29.8 Å². The van der Waals surface area contributed by atoms with Crippen LogP contribution in [0, 0.1) is 0 Å². The first-order valence-corrected chi connectivity index (χ1v) is 11.6. The Morgan fingerprint density at radius 2 is 1.84 bits per heavy atom. The van der Waals surface area contributed by atoms with Gasteiger partial charge >= 0.3 is 5.97 Å². The molecule has 3 fully saturated rings. The molecule has 1 unspecified atom stereocenters. The third-order valence-corrected chi connectivity index (χ3v) is 6.32. The molecule has 1 amide bonds. The summed E-state index contributed by atoms with van der Waals surface area (Å²) in [5.41, 5.74) is 0.932. The van der Waals surface area contributed by atoms with E-state index in [1.54, 1.807) is 18.2 Å². The number of benzene rings is 1. The molecule has 1 aromatic rings. The lowest BCUT2D eigenvalue weighted by Gasteiger charge is -2.37. The van der Waals surface area contributed by atoms with Gasteiger partial charge in [-0.05, 0) is 43.9 Å². The Morgan fingerprint density at radius 1 is 1.06 bits per heavy atom. The van der Waals surface area contributed by atoms with Crippen LogP contribution in [0.4, 0.5) is 5.69 Å². The van der Waals surface area contributed by atoms with E-state index in [0.29, 0.717) is 18.8 Å². The number of hydrogen-bond donors (Lipinski definition) is 2. The third-order valence-electron chi connectivity index (χ3n) is 6.32. The summed E-state index contributed by atoms with van der Waals surface area (Å²) in [6, 6.07) is 6.77. The number of amides is 1. The molecule has 0 bridgehead atoms. The second-order valence-corrected chi connectivity index (χ2v) is 8.66. The number of nitrogens with one attached hydrogen (secondary N) is 1. The largest absolute Gasteiger partial charge is 0.478 e. The fourth-order valence-corrected chi connectivity index (χ4v) is 4.43. The molecule has 174 valence electrons. The molecule has 3 saturated heterocycles. The maximum Gasteiger partial charge on any atom is 0.335 e. The van der Waals surface area contributed by atoms with Crippen molar-refractivity contribution in [2.45, 2.75) is 31.8 Å². The summed E-state index contributed by atoms with van der Waals surface area (Å²) in [6.45, 7) is 6.69. The Morgan fingerprint density at radius 3 is 2.53 bits per heavy atom. The summed E-state index contributed by atoms with van der Waals surface area (Å²) >= 11 is 0. The molecule has 1 atom stereocenters. The first-order valence-electron chi connectivity index (χ1n) is 11.6. The summed E-state index contributed by atoms with van der Waals surface area (Å²) in [5, 5.41) is 12.6. The highest BCUT2D eigenvalue weighted by atomic mass is 16.5. The van der Waals surface area contributed by atoms with Crippen LogP contribution in [0.5, 0.6) is 0 Å². The van der Waals surface area contributed by atoms with Crippen LogP contribution in [-0.2, 0) is 9.53 Å². The highest BCUT2D eigenvalue weighted by molar-refractivity contribution is 5.96. The van der Waals surface area contributed by atoms with Crippen molar-refractivity contribution < 1.29 is 19.4 Å². The second kappa shape index (κ2) is 10.8. The zero-order valence-electron chi connectivity index (χ0n) is 18.5. The van der Waals surface area contributed by atoms with Gasteiger partial charge in [-0.2, -0.15) is 0 Å². The van der Waals surface area contributed by atoms with Gasteiger partial charge < -0.3 is 25.0 Å². The maximum atomic E-state index is 12.5. The predicted molar refractivity (Wildman–Crippen MR) is 122 cm³/mol. The lowest BCUT2D eigenvalue weighted by Crippen LogP contribution is -2.52. The highest BCUT2D eigenvalue weighted by Gasteiger charge is 2.25. The summed E-state index contributed by atoms with van der Waals surface area (Å²) in [6.07, 6.45) is 4.43. The first-order chi connectivity index (χ1) is 15.6. The molecule has 3 aliphatic heterocycles. The number of anilines is 1. The van der Waals surface area contributed by atoms with Gasteiger partial charge in [-0.1, -0.05) is 6.07 Å². The Kier molecular flexibility index (Phi) is 7.59. The predicted octanol–water partition coefficient (Wildman–Crippen LogP) is 1.57. The van der Waals surface area contributed by atoms with Gasteiger partial charge in [0.15, 0.2) is 5.96 Å². The van der Waals surface area contributed by atoms with Crippen molar-refractivity contribution in [3.8, 4) is 0 Å². The van der Waals surface area contributed by atoms with Crippen LogP contribution in [0.15, 0.2) is 29.3 Å². The minimum Gasteiger partial charge on any atom is -0.478 e. The zero-order chi connectivity index (χ0) is 22.3. The molecule has 0 radical (unpaired) electrons. The van der Waals surface area contributed by atoms with Crippen molar-refractivity contribution in [2.24, 2.45) is 4.99 Å². The Hall–Kier alpha value is -2.65. The molecule has 3 heterocycles. The molecular weight excluding hydrogens is 410 g/mol. The normalized spacial score (nSPS) is 22.4. The molecule has 0 aromatic heterocycles. The Labute approximate surface area is 189 Å². The number of piperazine rings is 1. The molecule has 0 spiro atoms. The third kappa shape index (κ3) is 5.98.